The highest BCUT2D eigenvalue weighted by Gasteiger charge is 2.27. The molecule has 0 aromatic heterocycles. The monoisotopic (exact) mass is 221 g/mol. The summed E-state index contributed by atoms with van der Waals surface area (Å²) < 4.78 is 0. The summed E-state index contributed by atoms with van der Waals surface area (Å²) in [6.07, 6.45) is 5.84. The van der Waals surface area contributed by atoms with Gasteiger partial charge in [-0.25, -0.2) is 0 Å². The molecule has 0 bridgehead atoms. The molecule has 1 aliphatic carbocycles. The van der Waals surface area contributed by atoms with Crippen molar-refractivity contribution in [1.29, 1.82) is 0 Å². The second-order valence-corrected chi connectivity index (χ2v) is 5.44. The quantitative estimate of drug-likeness (QED) is 0.831. The van der Waals surface area contributed by atoms with E-state index >= 15 is 0 Å². The number of hydrogen-bond donors (Lipinski definition) is 1. The van der Waals surface area contributed by atoms with E-state index in [0.29, 0.717) is 11.3 Å². The molecule has 0 saturated heterocycles. The molecule has 1 aromatic rings. The molecule has 0 heterocycles. The SMILES string of the molecule is CSC1CC(c2ccccc2)CCC1N. The summed E-state index contributed by atoms with van der Waals surface area (Å²) in [5.41, 5.74) is 7.60. The Morgan fingerprint density at radius 3 is 2.60 bits per heavy atom. The largest absolute Gasteiger partial charge is 0.327 e. The van der Waals surface area contributed by atoms with Gasteiger partial charge in [0.15, 0.2) is 0 Å². The van der Waals surface area contributed by atoms with Crippen molar-refractivity contribution in [1.82, 2.24) is 0 Å². The van der Waals surface area contributed by atoms with E-state index in [4.69, 9.17) is 5.73 Å². The third kappa shape index (κ3) is 2.56. The van der Waals surface area contributed by atoms with E-state index in [1.54, 1.807) is 0 Å². The lowest BCUT2D eigenvalue weighted by Crippen LogP contribution is -2.37. The van der Waals surface area contributed by atoms with Gasteiger partial charge in [-0.2, -0.15) is 11.8 Å². The summed E-state index contributed by atoms with van der Waals surface area (Å²) in [6.45, 7) is 0. The van der Waals surface area contributed by atoms with Crippen LogP contribution in [0.15, 0.2) is 30.3 Å². The maximum Gasteiger partial charge on any atom is 0.0202 e. The molecule has 2 rings (SSSR count). The Bertz CT molecular complexity index is 299. The molecule has 15 heavy (non-hydrogen) atoms. The summed E-state index contributed by atoms with van der Waals surface area (Å²) in [5.74, 6) is 0.725. The number of thioether (sulfide) groups is 1. The van der Waals surface area contributed by atoms with Crippen molar-refractivity contribution in [2.24, 2.45) is 5.73 Å². The predicted octanol–water partition coefficient (Wildman–Crippen LogP) is 3.01. The van der Waals surface area contributed by atoms with E-state index in [0.717, 1.165) is 5.92 Å². The van der Waals surface area contributed by atoms with Gasteiger partial charge in [-0.05, 0) is 37.0 Å². The highest BCUT2D eigenvalue weighted by molar-refractivity contribution is 7.99. The first-order valence-corrected chi connectivity index (χ1v) is 6.93. The molecule has 1 aliphatic rings. The summed E-state index contributed by atoms with van der Waals surface area (Å²) >= 11 is 1.93. The van der Waals surface area contributed by atoms with Gasteiger partial charge in [0.05, 0.1) is 0 Å². The van der Waals surface area contributed by atoms with Crippen LogP contribution in [0.2, 0.25) is 0 Å². The Morgan fingerprint density at radius 1 is 1.20 bits per heavy atom. The van der Waals surface area contributed by atoms with Crippen LogP contribution in [0.3, 0.4) is 0 Å². The second kappa shape index (κ2) is 5.04. The molecule has 1 aromatic carbocycles. The van der Waals surface area contributed by atoms with Crippen molar-refractivity contribution >= 4 is 11.8 Å². The Morgan fingerprint density at radius 2 is 1.93 bits per heavy atom. The first kappa shape index (κ1) is 11.0. The van der Waals surface area contributed by atoms with Gasteiger partial charge in [0.1, 0.15) is 0 Å². The van der Waals surface area contributed by atoms with Gasteiger partial charge in [0.25, 0.3) is 0 Å². The molecule has 3 unspecified atom stereocenters. The Kier molecular flexibility index (Phi) is 3.71. The van der Waals surface area contributed by atoms with Crippen molar-refractivity contribution in [2.75, 3.05) is 6.26 Å². The zero-order valence-corrected chi connectivity index (χ0v) is 10.0. The normalized spacial score (nSPS) is 31.5. The van der Waals surface area contributed by atoms with Gasteiger partial charge < -0.3 is 5.73 Å². The molecule has 0 amide bonds. The summed E-state index contributed by atoms with van der Waals surface area (Å²) in [6, 6.07) is 11.3. The van der Waals surface area contributed by atoms with Crippen LogP contribution < -0.4 is 5.73 Å². The molecule has 0 aliphatic heterocycles. The van der Waals surface area contributed by atoms with Crippen molar-refractivity contribution in [3.8, 4) is 0 Å². The Balaban J connectivity index is 2.06. The van der Waals surface area contributed by atoms with Crippen LogP contribution in [0.25, 0.3) is 0 Å². The minimum absolute atomic E-state index is 0.403. The van der Waals surface area contributed by atoms with Crippen molar-refractivity contribution < 1.29 is 0 Å². The fourth-order valence-electron chi connectivity index (χ4n) is 2.45. The molecule has 82 valence electrons. The number of hydrogen-bond acceptors (Lipinski definition) is 2. The van der Waals surface area contributed by atoms with Gasteiger partial charge in [-0.3, -0.25) is 0 Å². The van der Waals surface area contributed by atoms with Gasteiger partial charge in [0.2, 0.25) is 0 Å². The molecule has 1 fully saturated rings. The van der Waals surface area contributed by atoms with Crippen LogP contribution in [-0.4, -0.2) is 17.5 Å². The Labute approximate surface area is 96.4 Å². The van der Waals surface area contributed by atoms with Crippen molar-refractivity contribution in [3.05, 3.63) is 35.9 Å². The molecule has 0 spiro atoms. The van der Waals surface area contributed by atoms with Crippen LogP contribution in [0, 0.1) is 0 Å². The van der Waals surface area contributed by atoms with Crippen LogP contribution in [0.4, 0.5) is 0 Å². The summed E-state index contributed by atoms with van der Waals surface area (Å²) in [7, 11) is 0. The minimum atomic E-state index is 0.403. The topological polar surface area (TPSA) is 26.0 Å². The fraction of sp³-hybridized carbons (Fsp3) is 0.538. The lowest BCUT2D eigenvalue weighted by atomic mass is 9.82. The molecular formula is C13H19NS. The van der Waals surface area contributed by atoms with E-state index in [1.165, 1.54) is 24.8 Å². The van der Waals surface area contributed by atoms with E-state index in [1.807, 2.05) is 11.8 Å². The average molecular weight is 221 g/mol. The zero-order chi connectivity index (χ0) is 10.7. The lowest BCUT2D eigenvalue weighted by molar-refractivity contribution is 0.406. The molecule has 2 N–H and O–H groups in total. The van der Waals surface area contributed by atoms with Gasteiger partial charge in [0, 0.05) is 11.3 Å². The standard InChI is InChI=1S/C13H19NS/c1-15-13-9-11(7-8-12(13)14)10-5-3-2-4-6-10/h2-6,11-13H,7-9,14H2,1H3. The van der Waals surface area contributed by atoms with Crippen molar-refractivity contribution in [3.63, 3.8) is 0 Å². The first-order chi connectivity index (χ1) is 7.31. The molecule has 1 saturated carbocycles. The van der Waals surface area contributed by atoms with Crippen LogP contribution in [0.1, 0.15) is 30.7 Å². The second-order valence-electron chi connectivity index (χ2n) is 4.36. The molecular weight excluding hydrogens is 202 g/mol. The molecule has 2 heteroatoms. The number of rotatable bonds is 2. The highest BCUT2D eigenvalue weighted by atomic mass is 32.2. The van der Waals surface area contributed by atoms with Gasteiger partial charge in [-0.15, -0.1) is 0 Å². The fourth-order valence-corrected chi connectivity index (χ4v) is 3.36. The lowest BCUT2D eigenvalue weighted by Gasteiger charge is -2.33. The third-order valence-corrected chi connectivity index (χ3v) is 4.56. The summed E-state index contributed by atoms with van der Waals surface area (Å²) in [4.78, 5) is 0. The van der Waals surface area contributed by atoms with Crippen LogP contribution in [0.5, 0.6) is 0 Å². The highest BCUT2D eigenvalue weighted by Crippen LogP contribution is 2.36. The van der Waals surface area contributed by atoms with Crippen LogP contribution >= 0.6 is 11.8 Å². The van der Waals surface area contributed by atoms with E-state index in [2.05, 4.69) is 36.6 Å². The van der Waals surface area contributed by atoms with Gasteiger partial charge >= 0.3 is 0 Å². The number of benzene rings is 1. The van der Waals surface area contributed by atoms with E-state index in [9.17, 15) is 0 Å². The summed E-state index contributed by atoms with van der Waals surface area (Å²) in [5, 5.41) is 0.643. The van der Waals surface area contributed by atoms with E-state index in [-0.39, 0.29) is 0 Å². The maximum absolute atomic E-state index is 6.11. The predicted molar refractivity (Wildman–Crippen MR) is 68.3 cm³/mol. The minimum Gasteiger partial charge on any atom is -0.327 e. The maximum atomic E-state index is 6.11. The third-order valence-electron chi connectivity index (χ3n) is 3.42. The van der Waals surface area contributed by atoms with Gasteiger partial charge in [-0.1, -0.05) is 30.3 Å². The average Bonchev–Trinajstić information content (AvgIpc) is 2.31. The van der Waals surface area contributed by atoms with Crippen molar-refractivity contribution in [2.45, 2.75) is 36.5 Å². The molecule has 1 nitrogen and oxygen atoms in total. The zero-order valence-electron chi connectivity index (χ0n) is 9.23. The smallest absolute Gasteiger partial charge is 0.0202 e. The first-order valence-electron chi connectivity index (χ1n) is 5.64. The van der Waals surface area contributed by atoms with Crippen LogP contribution in [-0.2, 0) is 0 Å². The molecule has 0 radical (unpaired) electrons. The molecule has 3 atom stereocenters. The van der Waals surface area contributed by atoms with E-state index < -0.39 is 0 Å². The Hall–Kier alpha value is -0.470. The number of nitrogens with two attached hydrogens (primary N) is 1.